The molecule has 0 radical (unpaired) electrons. The number of benzene rings is 2. The Hall–Kier alpha value is -2.44. The smallest absolute Gasteiger partial charge is 0.343 e. The highest BCUT2D eigenvalue weighted by atomic mass is 35.5. The van der Waals surface area contributed by atoms with Crippen LogP contribution < -0.4 is 10.5 Å². The monoisotopic (exact) mass is 308 g/mol. The third-order valence-corrected chi connectivity index (χ3v) is 2.68. The average Bonchev–Trinajstić information content (AvgIpc) is 2.48. The summed E-state index contributed by atoms with van der Waals surface area (Å²) in [6, 6.07) is 12.0. The zero-order valence-electron chi connectivity index (χ0n) is 10.9. The van der Waals surface area contributed by atoms with Gasteiger partial charge in [-0.2, -0.15) is 0 Å². The fraction of sp³-hybridized carbons (Fsp3) is 0.0714. The molecule has 2 aromatic rings. The molecule has 0 aromatic heterocycles. The Kier molecular flexibility index (Phi) is 5.83. The van der Waals surface area contributed by atoms with E-state index in [0.717, 1.165) is 5.56 Å². The minimum Gasteiger partial charge on any atom is -0.423 e. The van der Waals surface area contributed by atoms with Crippen LogP contribution in [0.1, 0.15) is 15.9 Å². The Balaban J connectivity index is 0.00000220. The predicted molar refractivity (Wildman–Crippen MR) is 79.6 cm³/mol. The van der Waals surface area contributed by atoms with E-state index in [1.165, 1.54) is 24.3 Å². The Labute approximate surface area is 127 Å². The highest BCUT2D eigenvalue weighted by Crippen LogP contribution is 2.18. The van der Waals surface area contributed by atoms with Gasteiger partial charge in [-0.05, 0) is 29.8 Å². The summed E-state index contributed by atoms with van der Waals surface area (Å²) in [6.07, 6.45) is 0. The number of hydrogen-bond acceptors (Lipinski definition) is 5. The summed E-state index contributed by atoms with van der Waals surface area (Å²) < 4.78 is 5.12. The minimum atomic E-state index is -0.526. The molecule has 7 heteroatoms. The van der Waals surface area contributed by atoms with Crippen LogP contribution in [-0.2, 0) is 6.54 Å². The molecule has 2 rings (SSSR count). The molecule has 6 nitrogen and oxygen atoms in total. The normalized spacial score (nSPS) is 9.57. The molecule has 0 saturated heterocycles. The molecule has 0 unspecified atom stereocenters. The van der Waals surface area contributed by atoms with Gasteiger partial charge in [0.1, 0.15) is 5.75 Å². The number of carbonyl (C=O) groups excluding carboxylic acids is 1. The number of ether oxygens (including phenoxy) is 1. The van der Waals surface area contributed by atoms with Crippen LogP contribution >= 0.6 is 12.4 Å². The second-order valence-electron chi connectivity index (χ2n) is 4.04. The van der Waals surface area contributed by atoms with Crippen LogP contribution in [-0.4, -0.2) is 10.9 Å². The van der Waals surface area contributed by atoms with Crippen LogP contribution in [0, 0.1) is 10.1 Å². The number of non-ortho nitro benzene ring substituents is 1. The standard InChI is InChI=1S/C14H12N2O4.ClH/c15-9-10-1-3-11(4-2-10)14(17)20-13-7-5-12(6-8-13)16(18)19;/h1-8H,9,15H2;1H. The van der Waals surface area contributed by atoms with Gasteiger partial charge in [-0.25, -0.2) is 4.79 Å². The number of carbonyl (C=O) groups is 1. The first-order chi connectivity index (χ1) is 9.60. The molecule has 0 aliphatic carbocycles. The zero-order valence-corrected chi connectivity index (χ0v) is 11.7. The number of halogens is 1. The lowest BCUT2D eigenvalue weighted by Gasteiger charge is -2.04. The molecule has 0 spiro atoms. The second kappa shape index (κ2) is 7.37. The Morgan fingerprint density at radius 2 is 1.67 bits per heavy atom. The molecule has 0 saturated carbocycles. The number of nitro benzene ring substituents is 1. The maximum atomic E-state index is 11.8. The first-order valence-corrected chi connectivity index (χ1v) is 5.86. The van der Waals surface area contributed by atoms with Crippen LogP contribution in [0.5, 0.6) is 5.75 Å². The van der Waals surface area contributed by atoms with Crippen molar-refractivity contribution < 1.29 is 14.5 Å². The van der Waals surface area contributed by atoms with E-state index in [0.29, 0.717) is 12.1 Å². The highest BCUT2D eigenvalue weighted by Gasteiger charge is 2.10. The minimum absolute atomic E-state index is 0. The summed E-state index contributed by atoms with van der Waals surface area (Å²) in [7, 11) is 0. The molecule has 0 atom stereocenters. The lowest BCUT2D eigenvalue weighted by molar-refractivity contribution is -0.384. The number of hydrogen-bond donors (Lipinski definition) is 1. The van der Waals surface area contributed by atoms with Crippen LogP contribution in [0.2, 0.25) is 0 Å². The molecular weight excluding hydrogens is 296 g/mol. The van der Waals surface area contributed by atoms with E-state index in [2.05, 4.69) is 0 Å². The average molecular weight is 309 g/mol. The first-order valence-electron chi connectivity index (χ1n) is 5.86. The van der Waals surface area contributed by atoms with Gasteiger partial charge in [0.25, 0.3) is 5.69 Å². The number of nitrogens with two attached hydrogens (primary N) is 1. The maximum Gasteiger partial charge on any atom is 0.343 e. The molecule has 0 heterocycles. The van der Waals surface area contributed by atoms with Crippen molar-refractivity contribution in [3.8, 4) is 5.75 Å². The van der Waals surface area contributed by atoms with Gasteiger partial charge in [-0.15, -0.1) is 12.4 Å². The largest absolute Gasteiger partial charge is 0.423 e. The Morgan fingerprint density at radius 3 is 2.14 bits per heavy atom. The van der Waals surface area contributed by atoms with Crippen molar-refractivity contribution in [3.05, 3.63) is 69.8 Å². The SMILES string of the molecule is Cl.NCc1ccc(C(=O)Oc2ccc([N+](=O)[O-])cc2)cc1. The van der Waals surface area contributed by atoms with Gasteiger partial charge < -0.3 is 10.5 Å². The Bertz CT molecular complexity index is 626. The zero-order chi connectivity index (χ0) is 14.5. The van der Waals surface area contributed by atoms with Gasteiger partial charge in [0.05, 0.1) is 10.5 Å². The van der Waals surface area contributed by atoms with E-state index in [1.807, 2.05) is 0 Å². The quantitative estimate of drug-likeness (QED) is 0.405. The first kappa shape index (κ1) is 16.6. The van der Waals surface area contributed by atoms with Crippen molar-refractivity contribution in [3.63, 3.8) is 0 Å². The van der Waals surface area contributed by atoms with Gasteiger partial charge in [0.15, 0.2) is 0 Å². The molecular formula is C14H13ClN2O4. The third-order valence-electron chi connectivity index (χ3n) is 2.68. The molecule has 0 amide bonds. The number of nitrogens with zero attached hydrogens (tertiary/aromatic N) is 1. The molecule has 2 N–H and O–H groups in total. The molecule has 0 bridgehead atoms. The van der Waals surface area contributed by atoms with Crippen LogP contribution in [0.15, 0.2) is 48.5 Å². The summed E-state index contributed by atoms with van der Waals surface area (Å²) in [5, 5.41) is 10.5. The van der Waals surface area contributed by atoms with E-state index in [9.17, 15) is 14.9 Å². The molecule has 21 heavy (non-hydrogen) atoms. The molecule has 0 fully saturated rings. The van der Waals surface area contributed by atoms with Crippen molar-refractivity contribution in [1.82, 2.24) is 0 Å². The highest BCUT2D eigenvalue weighted by molar-refractivity contribution is 5.91. The Morgan fingerprint density at radius 1 is 1.10 bits per heavy atom. The van der Waals surface area contributed by atoms with Gasteiger partial charge in [-0.3, -0.25) is 10.1 Å². The molecule has 0 aliphatic heterocycles. The third kappa shape index (κ3) is 4.27. The molecule has 0 aliphatic rings. The fourth-order valence-electron chi connectivity index (χ4n) is 1.58. The second-order valence-corrected chi connectivity index (χ2v) is 4.04. The van der Waals surface area contributed by atoms with E-state index in [1.54, 1.807) is 24.3 Å². The van der Waals surface area contributed by atoms with E-state index in [4.69, 9.17) is 10.5 Å². The van der Waals surface area contributed by atoms with Crippen molar-refractivity contribution in [2.24, 2.45) is 5.73 Å². The lowest BCUT2D eigenvalue weighted by atomic mass is 10.1. The topological polar surface area (TPSA) is 95.5 Å². The molecule has 2 aromatic carbocycles. The van der Waals surface area contributed by atoms with Crippen molar-refractivity contribution in [1.29, 1.82) is 0 Å². The predicted octanol–water partition coefficient (Wildman–Crippen LogP) is 2.69. The van der Waals surface area contributed by atoms with E-state index < -0.39 is 10.9 Å². The summed E-state index contributed by atoms with van der Waals surface area (Å²) in [4.78, 5) is 21.8. The maximum absolute atomic E-state index is 11.8. The van der Waals surface area contributed by atoms with Gasteiger partial charge in [0.2, 0.25) is 0 Å². The van der Waals surface area contributed by atoms with Gasteiger partial charge >= 0.3 is 5.97 Å². The van der Waals surface area contributed by atoms with E-state index in [-0.39, 0.29) is 23.8 Å². The summed E-state index contributed by atoms with van der Waals surface area (Å²) >= 11 is 0. The summed E-state index contributed by atoms with van der Waals surface area (Å²) in [5.41, 5.74) is 6.71. The summed E-state index contributed by atoms with van der Waals surface area (Å²) in [5.74, 6) is -0.272. The van der Waals surface area contributed by atoms with Crippen LogP contribution in [0.3, 0.4) is 0 Å². The van der Waals surface area contributed by atoms with Crippen LogP contribution in [0.4, 0.5) is 5.69 Å². The van der Waals surface area contributed by atoms with Gasteiger partial charge in [-0.1, -0.05) is 12.1 Å². The van der Waals surface area contributed by atoms with Crippen LogP contribution in [0.25, 0.3) is 0 Å². The summed E-state index contributed by atoms with van der Waals surface area (Å²) in [6.45, 7) is 0.400. The lowest BCUT2D eigenvalue weighted by Crippen LogP contribution is -2.08. The number of nitro groups is 1. The van der Waals surface area contributed by atoms with E-state index >= 15 is 0 Å². The number of rotatable bonds is 4. The van der Waals surface area contributed by atoms with Crippen molar-refractivity contribution in [2.75, 3.05) is 0 Å². The van der Waals surface area contributed by atoms with Crippen molar-refractivity contribution in [2.45, 2.75) is 6.54 Å². The molecule has 110 valence electrons. The number of esters is 1. The fourth-order valence-corrected chi connectivity index (χ4v) is 1.58. The van der Waals surface area contributed by atoms with Crippen molar-refractivity contribution >= 4 is 24.1 Å². The van der Waals surface area contributed by atoms with Gasteiger partial charge in [0, 0.05) is 18.7 Å².